The van der Waals surface area contributed by atoms with Crippen LogP contribution in [0.2, 0.25) is 0 Å². The molecule has 7 heteroatoms. The lowest BCUT2D eigenvalue weighted by molar-refractivity contribution is 0.0526. The van der Waals surface area contributed by atoms with Gasteiger partial charge in [-0.15, -0.1) is 11.8 Å². The molecule has 162 valence electrons. The molecule has 1 aromatic carbocycles. The van der Waals surface area contributed by atoms with Crippen LogP contribution in [-0.4, -0.2) is 59.5 Å². The molecule has 1 aromatic heterocycles. The maximum Gasteiger partial charge on any atom is 0.342 e. The molecular formula is C22H34N2O4S. The number of carbonyl (C=O) groups excluding carboxylic acids is 1. The Morgan fingerprint density at radius 1 is 1.07 bits per heavy atom. The first-order chi connectivity index (χ1) is 14.0. The van der Waals surface area contributed by atoms with Gasteiger partial charge in [0.1, 0.15) is 22.7 Å². The number of esters is 1. The quantitative estimate of drug-likeness (QED) is 0.393. The zero-order valence-electron chi connectivity index (χ0n) is 18.3. The molecule has 0 radical (unpaired) electrons. The van der Waals surface area contributed by atoms with Crippen molar-refractivity contribution in [3.05, 3.63) is 29.0 Å². The SMILES string of the molecule is CCOC(=O)c1c(CSCN(CC)CC)oc2ccc(O)c(CN(CC)CC)c12. The number of thioether (sulfide) groups is 1. The highest BCUT2D eigenvalue weighted by atomic mass is 32.2. The number of carbonyl (C=O) groups is 1. The van der Waals surface area contributed by atoms with Gasteiger partial charge >= 0.3 is 5.97 Å². The molecule has 0 saturated carbocycles. The Morgan fingerprint density at radius 3 is 2.31 bits per heavy atom. The average molecular weight is 423 g/mol. The molecule has 0 aliphatic heterocycles. The van der Waals surface area contributed by atoms with Crippen LogP contribution in [0.4, 0.5) is 0 Å². The fraction of sp³-hybridized carbons (Fsp3) is 0.591. The lowest BCUT2D eigenvalue weighted by Crippen LogP contribution is -2.22. The molecule has 0 unspecified atom stereocenters. The molecule has 0 spiro atoms. The smallest absolute Gasteiger partial charge is 0.342 e. The van der Waals surface area contributed by atoms with Crippen molar-refractivity contribution in [3.8, 4) is 5.75 Å². The number of rotatable bonds is 12. The summed E-state index contributed by atoms with van der Waals surface area (Å²) in [6.45, 7) is 14.7. The highest BCUT2D eigenvalue weighted by Crippen LogP contribution is 2.36. The van der Waals surface area contributed by atoms with Crippen molar-refractivity contribution in [2.45, 2.75) is 46.9 Å². The number of furan rings is 1. The largest absolute Gasteiger partial charge is 0.508 e. The number of fused-ring (bicyclic) bond motifs is 1. The van der Waals surface area contributed by atoms with Crippen molar-refractivity contribution < 1.29 is 19.1 Å². The Balaban J connectivity index is 2.48. The van der Waals surface area contributed by atoms with E-state index < -0.39 is 5.97 Å². The summed E-state index contributed by atoms with van der Waals surface area (Å²) in [5.41, 5.74) is 1.79. The van der Waals surface area contributed by atoms with E-state index in [0.717, 1.165) is 37.6 Å². The van der Waals surface area contributed by atoms with Gasteiger partial charge < -0.3 is 14.3 Å². The minimum absolute atomic E-state index is 0.179. The van der Waals surface area contributed by atoms with E-state index in [4.69, 9.17) is 9.15 Å². The molecule has 2 aromatic rings. The molecule has 1 heterocycles. The van der Waals surface area contributed by atoms with E-state index in [9.17, 15) is 9.90 Å². The van der Waals surface area contributed by atoms with Gasteiger partial charge in [-0.05, 0) is 45.2 Å². The van der Waals surface area contributed by atoms with Gasteiger partial charge in [0, 0.05) is 23.4 Å². The van der Waals surface area contributed by atoms with E-state index in [2.05, 4.69) is 37.5 Å². The van der Waals surface area contributed by atoms with Crippen molar-refractivity contribution in [3.63, 3.8) is 0 Å². The van der Waals surface area contributed by atoms with Gasteiger partial charge in [0.05, 0.1) is 12.4 Å². The molecule has 0 bridgehead atoms. The van der Waals surface area contributed by atoms with Gasteiger partial charge in [-0.3, -0.25) is 9.80 Å². The van der Waals surface area contributed by atoms with E-state index >= 15 is 0 Å². The summed E-state index contributed by atoms with van der Waals surface area (Å²) >= 11 is 1.71. The van der Waals surface area contributed by atoms with E-state index in [1.165, 1.54) is 0 Å². The third-order valence-corrected chi connectivity index (χ3v) is 6.18. The maximum absolute atomic E-state index is 12.8. The zero-order chi connectivity index (χ0) is 21.4. The second-order valence-electron chi connectivity index (χ2n) is 6.80. The summed E-state index contributed by atoms with van der Waals surface area (Å²) in [6, 6.07) is 3.38. The number of hydrogen-bond acceptors (Lipinski definition) is 7. The number of hydrogen-bond donors (Lipinski definition) is 1. The normalized spacial score (nSPS) is 11.7. The number of benzene rings is 1. The fourth-order valence-corrected chi connectivity index (χ4v) is 4.43. The first-order valence-electron chi connectivity index (χ1n) is 10.5. The predicted molar refractivity (Wildman–Crippen MR) is 120 cm³/mol. The van der Waals surface area contributed by atoms with Crippen LogP contribution in [0.1, 0.15) is 56.3 Å². The standard InChI is InChI=1S/C22H34N2O4S/c1-6-23(7-2)13-16-17(25)11-12-18-20(16)21(22(26)27-10-5)19(28-18)14-29-15-24(8-3)9-4/h11-12,25H,6-10,13-15H2,1-5H3. The van der Waals surface area contributed by atoms with Crippen LogP contribution in [0.25, 0.3) is 11.0 Å². The van der Waals surface area contributed by atoms with Gasteiger partial charge in [0.2, 0.25) is 0 Å². The lowest BCUT2D eigenvalue weighted by Gasteiger charge is -2.19. The Labute approximate surface area is 178 Å². The first kappa shape index (κ1) is 23.6. The zero-order valence-corrected chi connectivity index (χ0v) is 19.1. The molecule has 0 amide bonds. The molecule has 2 rings (SSSR count). The number of phenolic OH excluding ortho intramolecular Hbond substituents is 1. The molecule has 0 aliphatic rings. The van der Waals surface area contributed by atoms with E-state index in [1.807, 2.05) is 0 Å². The summed E-state index contributed by atoms with van der Waals surface area (Å²) in [5, 5.41) is 11.2. The lowest BCUT2D eigenvalue weighted by atomic mass is 10.0. The molecule has 0 atom stereocenters. The van der Waals surface area contributed by atoms with Gasteiger partial charge in [-0.1, -0.05) is 27.7 Å². The second-order valence-corrected chi connectivity index (χ2v) is 7.75. The Morgan fingerprint density at radius 2 is 1.72 bits per heavy atom. The topological polar surface area (TPSA) is 66.1 Å². The van der Waals surface area contributed by atoms with Crippen LogP contribution in [0.5, 0.6) is 5.75 Å². The van der Waals surface area contributed by atoms with E-state index in [1.54, 1.807) is 30.8 Å². The van der Waals surface area contributed by atoms with Gasteiger partial charge in [-0.2, -0.15) is 0 Å². The van der Waals surface area contributed by atoms with Crippen molar-refractivity contribution >= 4 is 28.7 Å². The average Bonchev–Trinajstić information content (AvgIpc) is 3.09. The number of phenols is 1. The third kappa shape index (κ3) is 5.68. The highest BCUT2D eigenvalue weighted by molar-refractivity contribution is 7.98. The number of aromatic hydroxyl groups is 1. The molecular weight excluding hydrogens is 388 g/mol. The second kappa shape index (κ2) is 11.5. The fourth-order valence-electron chi connectivity index (χ4n) is 3.32. The molecule has 0 fully saturated rings. The van der Waals surface area contributed by atoms with Crippen molar-refractivity contribution in [1.82, 2.24) is 9.80 Å². The molecule has 0 saturated heterocycles. The summed E-state index contributed by atoms with van der Waals surface area (Å²) in [4.78, 5) is 17.4. The van der Waals surface area contributed by atoms with E-state index in [-0.39, 0.29) is 5.75 Å². The molecule has 29 heavy (non-hydrogen) atoms. The summed E-state index contributed by atoms with van der Waals surface area (Å²) in [7, 11) is 0. The molecule has 0 aliphatic carbocycles. The monoisotopic (exact) mass is 422 g/mol. The Bertz CT molecular complexity index is 798. The van der Waals surface area contributed by atoms with Crippen LogP contribution in [0.3, 0.4) is 0 Å². The van der Waals surface area contributed by atoms with E-state index in [0.29, 0.717) is 41.2 Å². The van der Waals surface area contributed by atoms with Gasteiger partial charge in [0.25, 0.3) is 0 Å². The molecule has 6 nitrogen and oxygen atoms in total. The van der Waals surface area contributed by atoms with Crippen LogP contribution in [-0.2, 0) is 17.0 Å². The van der Waals surface area contributed by atoms with Crippen LogP contribution in [0, 0.1) is 0 Å². The van der Waals surface area contributed by atoms with Crippen LogP contribution < -0.4 is 0 Å². The summed E-state index contributed by atoms with van der Waals surface area (Å²) in [6.07, 6.45) is 0. The minimum atomic E-state index is -0.393. The van der Waals surface area contributed by atoms with Crippen LogP contribution >= 0.6 is 11.8 Å². The summed E-state index contributed by atoms with van der Waals surface area (Å²) < 4.78 is 11.4. The molecule has 1 N–H and O–H groups in total. The number of ether oxygens (including phenoxy) is 1. The highest BCUT2D eigenvalue weighted by Gasteiger charge is 2.26. The third-order valence-electron chi connectivity index (χ3n) is 5.17. The van der Waals surface area contributed by atoms with Crippen molar-refractivity contribution in [1.29, 1.82) is 0 Å². The minimum Gasteiger partial charge on any atom is -0.508 e. The van der Waals surface area contributed by atoms with Crippen molar-refractivity contribution in [2.24, 2.45) is 0 Å². The Kier molecular flexibility index (Phi) is 9.33. The van der Waals surface area contributed by atoms with Gasteiger partial charge in [0.15, 0.2) is 0 Å². The summed E-state index contributed by atoms with van der Waals surface area (Å²) in [5.74, 6) is 1.84. The maximum atomic E-state index is 12.8. The number of nitrogens with zero attached hydrogens (tertiary/aromatic N) is 2. The predicted octanol–water partition coefficient (Wildman–Crippen LogP) is 4.69. The Hall–Kier alpha value is -1.70. The first-order valence-corrected chi connectivity index (χ1v) is 11.6. The van der Waals surface area contributed by atoms with Gasteiger partial charge in [-0.25, -0.2) is 4.79 Å². The van der Waals surface area contributed by atoms with Crippen molar-refractivity contribution in [2.75, 3.05) is 38.7 Å². The van der Waals surface area contributed by atoms with Crippen LogP contribution in [0.15, 0.2) is 16.5 Å².